The third-order valence-electron chi connectivity index (χ3n) is 3.78. The second-order valence-corrected chi connectivity index (χ2v) is 7.62. The number of nitrogens with zero attached hydrogens (tertiary/aromatic N) is 1. The number of fused-ring (bicyclic) bond motifs is 3. The molecule has 1 aromatic heterocycles. The summed E-state index contributed by atoms with van der Waals surface area (Å²) in [6.07, 6.45) is 1.01. The van der Waals surface area contributed by atoms with Crippen LogP contribution in [0.2, 0.25) is 0 Å². The van der Waals surface area contributed by atoms with Gasteiger partial charge >= 0.3 is 0 Å². The van der Waals surface area contributed by atoms with Crippen LogP contribution in [0.15, 0.2) is 18.2 Å². The van der Waals surface area contributed by atoms with E-state index in [-0.39, 0.29) is 11.5 Å². The SMILES string of the molecule is Cc1ccc2c(c1)-c1nc(C(N)C(C)(C)C)sc1C2. The van der Waals surface area contributed by atoms with Crippen LogP contribution < -0.4 is 5.73 Å². The Balaban J connectivity index is 2.04. The van der Waals surface area contributed by atoms with E-state index >= 15 is 0 Å². The Morgan fingerprint density at radius 3 is 2.74 bits per heavy atom. The Kier molecular flexibility index (Phi) is 2.80. The second-order valence-electron chi connectivity index (χ2n) is 6.50. The number of hydrogen-bond donors (Lipinski definition) is 1. The van der Waals surface area contributed by atoms with E-state index in [1.807, 2.05) is 0 Å². The Hall–Kier alpha value is -1.19. The van der Waals surface area contributed by atoms with Crippen molar-refractivity contribution >= 4 is 11.3 Å². The Labute approximate surface area is 118 Å². The average Bonchev–Trinajstić information content (AvgIpc) is 2.84. The van der Waals surface area contributed by atoms with Crippen LogP contribution in [-0.4, -0.2) is 4.98 Å². The number of hydrogen-bond acceptors (Lipinski definition) is 3. The molecule has 19 heavy (non-hydrogen) atoms. The van der Waals surface area contributed by atoms with Crippen molar-refractivity contribution in [1.82, 2.24) is 4.98 Å². The minimum Gasteiger partial charge on any atom is -0.322 e. The monoisotopic (exact) mass is 272 g/mol. The zero-order chi connectivity index (χ0) is 13.8. The van der Waals surface area contributed by atoms with Crippen molar-refractivity contribution in [3.8, 4) is 11.3 Å². The van der Waals surface area contributed by atoms with Crippen LogP contribution in [-0.2, 0) is 6.42 Å². The maximum Gasteiger partial charge on any atom is 0.111 e. The first-order chi connectivity index (χ1) is 8.86. The average molecular weight is 272 g/mol. The molecule has 0 fully saturated rings. The van der Waals surface area contributed by atoms with Gasteiger partial charge in [0.2, 0.25) is 0 Å². The lowest BCUT2D eigenvalue weighted by atomic mass is 9.88. The zero-order valence-electron chi connectivity index (χ0n) is 11.9. The summed E-state index contributed by atoms with van der Waals surface area (Å²) in [5.74, 6) is 0. The summed E-state index contributed by atoms with van der Waals surface area (Å²) in [6, 6.07) is 6.66. The van der Waals surface area contributed by atoms with Gasteiger partial charge in [0.1, 0.15) is 5.01 Å². The quantitative estimate of drug-likeness (QED) is 0.725. The van der Waals surface area contributed by atoms with Crippen LogP contribution in [0.1, 0.15) is 47.8 Å². The molecule has 0 aliphatic heterocycles. The summed E-state index contributed by atoms with van der Waals surface area (Å²) in [5, 5.41) is 1.07. The van der Waals surface area contributed by atoms with Gasteiger partial charge in [-0.1, -0.05) is 38.5 Å². The van der Waals surface area contributed by atoms with E-state index in [9.17, 15) is 0 Å². The molecule has 2 nitrogen and oxygen atoms in total. The van der Waals surface area contributed by atoms with Gasteiger partial charge in [-0.15, -0.1) is 11.3 Å². The van der Waals surface area contributed by atoms with Crippen LogP contribution in [0, 0.1) is 12.3 Å². The van der Waals surface area contributed by atoms with Crippen molar-refractivity contribution in [2.24, 2.45) is 11.1 Å². The first-order valence-electron chi connectivity index (χ1n) is 6.71. The number of thiazole rings is 1. The number of aromatic nitrogens is 1. The van der Waals surface area contributed by atoms with Crippen molar-refractivity contribution in [3.05, 3.63) is 39.2 Å². The number of rotatable bonds is 1. The third kappa shape index (κ3) is 2.11. The summed E-state index contributed by atoms with van der Waals surface area (Å²) < 4.78 is 0. The second kappa shape index (κ2) is 4.15. The van der Waals surface area contributed by atoms with Crippen LogP contribution >= 0.6 is 11.3 Å². The predicted octanol–water partition coefficient (Wildman–Crippen LogP) is 4.07. The highest BCUT2D eigenvalue weighted by molar-refractivity contribution is 7.12. The normalized spacial score (nSPS) is 15.2. The summed E-state index contributed by atoms with van der Waals surface area (Å²) in [7, 11) is 0. The molecule has 0 bridgehead atoms. The van der Waals surface area contributed by atoms with Gasteiger partial charge in [-0.3, -0.25) is 0 Å². The van der Waals surface area contributed by atoms with E-state index in [1.54, 1.807) is 11.3 Å². The molecule has 0 radical (unpaired) electrons. The Bertz CT molecular complexity index is 635. The molecule has 1 heterocycles. The molecule has 0 spiro atoms. The largest absolute Gasteiger partial charge is 0.322 e. The van der Waals surface area contributed by atoms with E-state index in [0.717, 1.165) is 11.4 Å². The summed E-state index contributed by atoms with van der Waals surface area (Å²) >= 11 is 1.78. The lowest BCUT2D eigenvalue weighted by Gasteiger charge is -2.25. The van der Waals surface area contributed by atoms with Gasteiger partial charge in [-0.2, -0.15) is 0 Å². The summed E-state index contributed by atoms with van der Waals surface area (Å²) in [4.78, 5) is 6.20. The molecule has 3 rings (SSSR count). The van der Waals surface area contributed by atoms with Gasteiger partial charge in [0.25, 0.3) is 0 Å². The molecule has 2 N–H and O–H groups in total. The van der Waals surface area contributed by atoms with Crippen LogP contribution in [0.3, 0.4) is 0 Å². The molecule has 100 valence electrons. The number of benzene rings is 1. The van der Waals surface area contributed by atoms with Crippen molar-refractivity contribution < 1.29 is 0 Å². The molecule has 2 aromatic rings. The predicted molar refractivity (Wildman–Crippen MR) is 81.5 cm³/mol. The van der Waals surface area contributed by atoms with E-state index in [2.05, 4.69) is 45.9 Å². The molecule has 1 unspecified atom stereocenters. The van der Waals surface area contributed by atoms with E-state index in [0.29, 0.717) is 0 Å². The zero-order valence-corrected chi connectivity index (χ0v) is 12.8. The smallest absolute Gasteiger partial charge is 0.111 e. The summed E-state index contributed by atoms with van der Waals surface area (Å²) in [5.41, 5.74) is 11.5. The third-order valence-corrected chi connectivity index (χ3v) is 4.92. The number of nitrogens with two attached hydrogens (primary N) is 1. The molecule has 0 amide bonds. The van der Waals surface area contributed by atoms with Gasteiger partial charge in [-0.05, 0) is 24.0 Å². The lowest BCUT2D eigenvalue weighted by molar-refractivity contribution is 0.326. The first-order valence-corrected chi connectivity index (χ1v) is 7.53. The Morgan fingerprint density at radius 1 is 1.32 bits per heavy atom. The molecule has 1 aliphatic rings. The highest BCUT2D eigenvalue weighted by Crippen LogP contribution is 2.43. The van der Waals surface area contributed by atoms with Crippen molar-refractivity contribution in [1.29, 1.82) is 0 Å². The highest BCUT2D eigenvalue weighted by atomic mass is 32.1. The Morgan fingerprint density at radius 2 is 2.05 bits per heavy atom. The molecule has 1 aromatic carbocycles. The van der Waals surface area contributed by atoms with Crippen LogP contribution in [0.25, 0.3) is 11.3 Å². The lowest BCUT2D eigenvalue weighted by Crippen LogP contribution is -2.26. The fourth-order valence-corrected chi connectivity index (χ4v) is 3.79. The van der Waals surface area contributed by atoms with Gasteiger partial charge in [0, 0.05) is 16.9 Å². The maximum absolute atomic E-state index is 6.33. The van der Waals surface area contributed by atoms with E-state index < -0.39 is 0 Å². The van der Waals surface area contributed by atoms with Gasteiger partial charge in [-0.25, -0.2) is 4.98 Å². The van der Waals surface area contributed by atoms with Gasteiger partial charge in [0.05, 0.1) is 11.7 Å². The molecule has 0 saturated carbocycles. The van der Waals surface area contributed by atoms with E-state index in [1.165, 1.54) is 27.3 Å². The van der Waals surface area contributed by atoms with Crippen molar-refractivity contribution in [2.45, 2.75) is 40.2 Å². The van der Waals surface area contributed by atoms with Crippen LogP contribution in [0.4, 0.5) is 0 Å². The molecule has 1 atom stereocenters. The maximum atomic E-state index is 6.33. The number of aryl methyl sites for hydroxylation is 1. The van der Waals surface area contributed by atoms with Crippen molar-refractivity contribution in [2.75, 3.05) is 0 Å². The first kappa shape index (κ1) is 12.8. The highest BCUT2D eigenvalue weighted by Gasteiger charge is 2.29. The van der Waals surface area contributed by atoms with Gasteiger partial charge in [0.15, 0.2) is 0 Å². The minimum absolute atomic E-state index is 0.0105. The molecule has 1 aliphatic carbocycles. The minimum atomic E-state index is 0.0105. The fraction of sp³-hybridized carbons (Fsp3) is 0.438. The molecule has 0 saturated heterocycles. The molecule has 3 heteroatoms. The fourth-order valence-electron chi connectivity index (χ4n) is 2.44. The topological polar surface area (TPSA) is 38.9 Å². The molecular weight excluding hydrogens is 252 g/mol. The summed E-state index contributed by atoms with van der Waals surface area (Å²) in [6.45, 7) is 8.64. The van der Waals surface area contributed by atoms with E-state index in [4.69, 9.17) is 10.7 Å². The van der Waals surface area contributed by atoms with Crippen LogP contribution in [0.5, 0.6) is 0 Å². The standard InChI is InChI=1S/C16H20N2S/c1-9-5-6-10-8-12-13(11(10)7-9)18-15(19-12)14(17)16(2,3)4/h5-7,14H,8,17H2,1-4H3. The van der Waals surface area contributed by atoms with Gasteiger partial charge < -0.3 is 5.73 Å². The van der Waals surface area contributed by atoms with Crippen molar-refractivity contribution in [3.63, 3.8) is 0 Å². The molecular formula is C16H20N2S.